The average Bonchev–Trinajstić information content (AvgIpc) is 2.76. The van der Waals surface area contributed by atoms with Gasteiger partial charge in [0.25, 0.3) is 0 Å². The summed E-state index contributed by atoms with van der Waals surface area (Å²) in [5, 5.41) is 6.68. The molecule has 0 spiro atoms. The van der Waals surface area contributed by atoms with Gasteiger partial charge >= 0.3 is 0 Å². The van der Waals surface area contributed by atoms with Crippen LogP contribution in [0.3, 0.4) is 0 Å². The van der Waals surface area contributed by atoms with Crippen LogP contribution in [0.2, 0.25) is 0 Å². The molecule has 2 aromatic rings. The molecule has 0 bridgehead atoms. The van der Waals surface area contributed by atoms with Crippen molar-refractivity contribution >= 4 is 17.3 Å². The molecule has 0 unspecified atom stereocenters. The molecule has 0 fully saturated rings. The van der Waals surface area contributed by atoms with E-state index >= 15 is 0 Å². The molecule has 112 valence electrons. The van der Waals surface area contributed by atoms with Crippen LogP contribution in [0.5, 0.6) is 5.75 Å². The fraction of sp³-hybridized carbons (Fsp3) is 0.333. The molecule has 0 saturated heterocycles. The number of nitrogens with one attached hydrogen (secondary N) is 1. The Morgan fingerprint density at radius 2 is 2.19 bits per heavy atom. The maximum absolute atomic E-state index is 12.0. The van der Waals surface area contributed by atoms with Gasteiger partial charge in [-0.2, -0.15) is 0 Å². The van der Waals surface area contributed by atoms with Gasteiger partial charge in [-0.25, -0.2) is 0 Å². The first-order chi connectivity index (χ1) is 10.0. The van der Waals surface area contributed by atoms with Gasteiger partial charge in [-0.05, 0) is 38.5 Å². The van der Waals surface area contributed by atoms with Crippen molar-refractivity contribution in [3.63, 3.8) is 0 Å². The van der Waals surface area contributed by atoms with E-state index in [1.165, 1.54) is 0 Å². The second-order valence-corrected chi connectivity index (χ2v) is 4.81. The minimum atomic E-state index is -0.0837. The van der Waals surface area contributed by atoms with Crippen molar-refractivity contribution in [1.82, 2.24) is 5.16 Å². The highest BCUT2D eigenvalue weighted by Crippen LogP contribution is 2.24. The van der Waals surface area contributed by atoms with Crippen molar-refractivity contribution in [3.8, 4) is 5.75 Å². The van der Waals surface area contributed by atoms with E-state index in [9.17, 15) is 4.79 Å². The molecule has 1 amide bonds. The van der Waals surface area contributed by atoms with Crippen molar-refractivity contribution < 1.29 is 14.1 Å². The van der Waals surface area contributed by atoms with E-state index in [-0.39, 0.29) is 5.91 Å². The molecule has 1 aromatic carbocycles. The third kappa shape index (κ3) is 3.53. The number of rotatable bonds is 5. The molecule has 6 nitrogen and oxygen atoms in total. The Morgan fingerprint density at radius 3 is 2.76 bits per heavy atom. The number of aromatic nitrogens is 1. The summed E-state index contributed by atoms with van der Waals surface area (Å²) in [4.78, 5) is 12.0. The summed E-state index contributed by atoms with van der Waals surface area (Å²) in [6.07, 6.45) is 0.952. The SMILES string of the molecule is COc1ccc(NC(=O)CCc2c(C)noc2C)cc1N. The van der Waals surface area contributed by atoms with Crippen LogP contribution in [-0.2, 0) is 11.2 Å². The lowest BCUT2D eigenvalue weighted by atomic mass is 10.1. The molecule has 2 rings (SSSR count). The quantitative estimate of drug-likeness (QED) is 0.825. The van der Waals surface area contributed by atoms with E-state index in [0.717, 1.165) is 17.0 Å². The third-order valence-corrected chi connectivity index (χ3v) is 3.30. The lowest BCUT2D eigenvalue weighted by molar-refractivity contribution is -0.116. The number of amides is 1. The Kier molecular flexibility index (Phi) is 4.47. The molecule has 0 aliphatic heterocycles. The number of ether oxygens (including phenoxy) is 1. The van der Waals surface area contributed by atoms with E-state index in [0.29, 0.717) is 30.0 Å². The van der Waals surface area contributed by atoms with Gasteiger partial charge in [0.15, 0.2) is 0 Å². The van der Waals surface area contributed by atoms with Gasteiger partial charge < -0.3 is 20.3 Å². The molecule has 0 aliphatic rings. The summed E-state index contributed by atoms with van der Waals surface area (Å²) in [6, 6.07) is 5.15. The van der Waals surface area contributed by atoms with Crippen molar-refractivity contribution in [2.75, 3.05) is 18.2 Å². The average molecular weight is 289 g/mol. The Labute approximate surface area is 123 Å². The fourth-order valence-corrected chi connectivity index (χ4v) is 2.13. The standard InChI is InChI=1S/C15H19N3O3/c1-9-12(10(2)21-18-9)5-7-15(19)17-11-4-6-14(20-3)13(16)8-11/h4,6,8H,5,7,16H2,1-3H3,(H,17,19). The molecule has 1 aromatic heterocycles. The molecule has 6 heteroatoms. The van der Waals surface area contributed by atoms with Crippen LogP contribution in [0.15, 0.2) is 22.7 Å². The molecular formula is C15H19N3O3. The summed E-state index contributed by atoms with van der Waals surface area (Å²) in [6.45, 7) is 3.71. The number of benzene rings is 1. The molecule has 0 saturated carbocycles. The minimum absolute atomic E-state index is 0.0837. The predicted molar refractivity (Wildman–Crippen MR) is 80.3 cm³/mol. The van der Waals surface area contributed by atoms with Gasteiger partial charge in [-0.15, -0.1) is 0 Å². The summed E-state index contributed by atoms with van der Waals surface area (Å²) in [5.74, 6) is 1.26. The van der Waals surface area contributed by atoms with E-state index in [4.69, 9.17) is 15.0 Å². The van der Waals surface area contributed by atoms with Crippen molar-refractivity contribution in [2.24, 2.45) is 0 Å². The van der Waals surface area contributed by atoms with Crippen LogP contribution in [0, 0.1) is 13.8 Å². The lowest BCUT2D eigenvalue weighted by Gasteiger charge is -2.08. The van der Waals surface area contributed by atoms with Crippen molar-refractivity contribution in [1.29, 1.82) is 0 Å². The normalized spacial score (nSPS) is 10.4. The molecule has 0 atom stereocenters. The summed E-state index contributed by atoms with van der Waals surface area (Å²) < 4.78 is 10.1. The number of carbonyl (C=O) groups is 1. The first-order valence-corrected chi connectivity index (χ1v) is 6.66. The van der Waals surface area contributed by atoms with E-state index in [2.05, 4.69) is 10.5 Å². The number of carbonyl (C=O) groups excluding carboxylic acids is 1. The van der Waals surface area contributed by atoms with Gasteiger partial charge in [0, 0.05) is 17.7 Å². The molecular weight excluding hydrogens is 270 g/mol. The number of nitrogen functional groups attached to an aromatic ring is 1. The molecule has 3 N–H and O–H groups in total. The maximum atomic E-state index is 12.0. The van der Waals surface area contributed by atoms with Crippen molar-refractivity contribution in [3.05, 3.63) is 35.2 Å². The number of methoxy groups -OCH3 is 1. The second kappa shape index (κ2) is 6.30. The number of aryl methyl sites for hydroxylation is 2. The van der Waals surface area contributed by atoms with E-state index in [1.807, 2.05) is 13.8 Å². The fourth-order valence-electron chi connectivity index (χ4n) is 2.13. The zero-order valence-electron chi connectivity index (χ0n) is 12.4. The van der Waals surface area contributed by atoms with Gasteiger partial charge in [0.1, 0.15) is 11.5 Å². The third-order valence-electron chi connectivity index (χ3n) is 3.30. The Balaban J connectivity index is 1.94. The monoisotopic (exact) mass is 289 g/mol. The first-order valence-electron chi connectivity index (χ1n) is 6.66. The summed E-state index contributed by atoms with van der Waals surface area (Å²) in [5.41, 5.74) is 8.75. The number of hydrogen-bond acceptors (Lipinski definition) is 5. The van der Waals surface area contributed by atoms with Crippen molar-refractivity contribution in [2.45, 2.75) is 26.7 Å². The highest BCUT2D eigenvalue weighted by Gasteiger charge is 2.11. The maximum Gasteiger partial charge on any atom is 0.224 e. The van der Waals surface area contributed by atoms with E-state index in [1.54, 1.807) is 25.3 Å². The van der Waals surface area contributed by atoms with E-state index < -0.39 is 0 Å². The number of nitrogens with zero attached hydrogens (tertiary/aromatic N) is 1. The highest BCUT2D eigenvalue weighted by molar-refractivity contribution is 5.91. The van der Waals surface area contributed by atoms with Gasteiger partial charge in [-0.3, -0.25) is 4.79 Å². The Hall–Kier alpha value is -2.50. The molecule has 21 heavy (non-hydrogen) atoms. The van der Waals surface area contributed by atoms with Crippen LogP contribution in [0.1, 0.15) is 23.4 Å². The number of hydrogen-bond donors (Lipinski definition) is 2. The molecule has 0 aliphatic carbocycles. The summed E-state index contributed by atoms with van der Waals surface area (Å²) in [7, 11) is 1.55. The zero-order valence-corrected chi connectivity index (χ0v) is 12.4. The van der Waals surface area contributed by atoms with Crippen LogP contribution in [0.25, 0.3) is 0 Å². The smallest absolute Gasteiger partial charge is 0.224 e. The van der Waals surface area contributed by atoms with Gasteiger partial charge in [0.05, 0.1) is 18.5 Å². The van der Waals surface area contributed by atoms with Crippen LogP contribution in [0.4, 0.5) is 11.4 Å². The highest BCUT2D eigenvalue weighted by atomic mass is 16.5. The Morgan fingerprint density at radius 1 is 1.43 bits per heavy atom. The molecule has 0 radical (unpaired) electrons. The second-order valence-electron chi connectivity index (χ2n) is 4.81. The predicted octanol–water partition coefficient (Wildman–Crippen LogP) is 2.45. The summed E-state index contributed by atoms with van der Waals surface area (Å²) >= 11 is 0. The Bertz CT molecular complexity index is 630. The van der Waals surface area contributed by atoms with Crippen LogP contribution < -0.4 is 15.8 Å². The zero-order chi connectivity index (χ0) is 15.4. The topological polar surface area (TPSA) is 90.4 Å². The molecule has 1 heterocycles. The largest absolute Gasteiger partial charge is 0.495 e. The van der Waals surface area contributed by atoms with Gasteiger partial charge in [0.2, 0.25) is 5.91 Å². The number of nitrogens with two attached hydrogens (primary N) is 1. The minimum Gasteiger partial charge on any atom is -0.495 e. The number of anilines is 2. The first kappa shape index (κ1) is 14.9. The van der Waals surface area contributed by atoms with Gasteiger partial charge in [-0.1, -0.05) is 5.16 Å². The lowest BCUT2D eigenvalue weighted by Crippen LogP contribution is -2.13. The van der Waals surface area contributed by atoms with Crippen LogP contribution in [-0.4, -0.2) is 18.2 Å². The van der Waals surface area contributed by atoms with Crippen LogP contribution >= 0.6 is 0 Å².